The normalized spacial score (nSPS) is 14.8. The Bertz CT molecular complexity index is 908. The van der Waals surface area contributed by atoms with Crippen LogP contribution in [0.3, 0.4) is 0 Å². The van der Waals surface area contributed by atoms with E-state index in [9.17, 15) is 0 Å². The number of benzene rings is 2. The first-order valence-corrected chi connectivity index (χ1v) is 9.35. The molecule has 1 aromatic heterocycles. The van der Waals surface area contributed by atoms with Gasteiger partial charge in [-0.1, -0.05) is 53.5 Å². The van der Waals surface area contributed by atoms with E-state index < -0.39 is 0 Å². The average Bonchev–Trinajstić information content (AvgIpc) is 3.31. The molecule has 3 aromatic rings. The molecule has 1 saturated heterocycles. The fourth-order valence-electron chi connectivity index (χ4n) is 3.19. The number of rotatable bonds is 4. The van der Waals surface area contributed by atoms with Crippen molar-refractivity contribution in [3.8, 4) is 11.3 Å². The molecule has 0 spiro atoms. The molecule has 6 heteroatoms. The molecule has 1 N–H and O–H groups in total. The summed E-state index contributed by atoms with van der Waals surface area (Å²) in [5.41, 5.74) is 4.63. The highest BCUT2D eigenvalue weighted by molar-refractivity contribution is 6.35. The second kappa shape index (κ2) is 7.52. The van der Waals surface area contributed by atoms with Crippen LogP contribution in [0.15, 0.2) is 59.8 Å². The molecule has 0 saturated carbocycles. The van der Waals surface area contributed by atoms with E-state index in [4.69, 9.17) is 28.3 Å². The van der Waals surface area contributed by atoms with Gasteiger partial charge < -0.3 is 0 Å². The number of hydrogen-bond acceptors (Lipinski definition) is 3. The molecule has 1 aliphatic heterocycles. The summed E-state index contributed by atoms with van der Waals surface area (Å²) in [5, 5.41) is 15.6. The van der Waals surface area contributed by atoms with Gasteiger partial charge in [-0.25, -0.2) is 0 Å². The fourth-order valence-corrected chi connectivity index (χ4v) is 3.71. The number of aromatic nitrogens is 2. The van der Waals surface area contributed by atoms with Gasteiger partial charge in [0, 0.05) is 39.8 Å². The summed E-state index contributed by atoms with van der Waals surface area (Å²) >= 11 is 12.4. The smallest absolute Gasteiger partial charge is 0.101 e. The fraction of sp³-hybridized carbons (Fsp3) is 0.200. The van der Waals surface area contributed by atoms with Crippen molar-refractivity contribution in [3.05, 3.63) is 75.9 Å². The highest BCUT2D eigenvalue weighted by Gasteiger charge is 2.19. The van der Waals surface area contributed by atoms with E-state index in [1.165, 1.54) is 12.8 Å². The van der Waals surface area contributed by atoms with Crippen LogP contribution >= 0.6 is 23.2 Å². The van der Waals surface area contributed by atoms with Crippen LogP contribution in [0.5, 0.6) is 0 Å². The van der Waals surface area contributed by atoms with Gasteiger partial charge in [0.05, 0.1) is 11.9 Å². The van der Waals surface area contributed by atoms with Gasteiger partial charge in [0.1, 0.15) is 5.71 Å². The summed E-state index contributed by atoms with van der Waals surface area (Å²) in [6.07, 6.45) is 4.16. The molecule has 0 atom stereocenters. The summed E-state index contributed by atoms with van der Waals surface area (Å²) in [5.74, 6) is 0. The second-order valence-electron chi connectivity index (χ2n) is 6.29. The van der Waals surface area contributed by atoms with Crippen LogP contribution in [0.4, 0.5) is 0 Å². The third kappa shape index (κ3) is 3.62. The van der Waals surface area contributed by atoms with Crippen LogP contribution in [0.25, 0.3) is 11.3 Å². The van der Waals surface area contributed by atoms with E-state index in [-0.39, 0.29) is 0 Å². The largest absolute Gasteiger partial charge is 0.296 e. The van der Waals surface area contributed by atoms with Crippen molar-refractivity contribution >= 4 is 28.9 Å². The Kier molecular flexibility index (Phi) is 4.96. The van der Waals surface area contributed by atoms with Crippen LogP contribution in [-0.2, 0) is 0 Å². The quantitative estimate of drug-likeness (QED) is 0.625. The van der Waals surface area contributed by atoms with Gasteiger partial charge in [-0.05, 0) is 31.0 Å². The van der Waals surface area contributed by atoms with Gasteiger partial charge in [-0.2, -0.15) is 10.2 Å². The Morgan fingerprint density at radius 1 is 1.00 bits per heavy atom. The Labute approximate surface area is 162 Å². The maximum atomic E-state index is 6.20. The molecule has 26 heavy (non-hydrogen) atoms. The molecule has 2 aromatic carbocycles. The summed E-state index contributed by atoms with van der Waals surface area (Å²) < 4.78 is 0. The Morgan fingerprint density at radius 3 is 2.38 bits per heavy atom. The molecule has 0 aliphatic carbocycles. The topological polar surface area (TPSA) is 44.3 Å². The van der Waals surface area contributed by atoms with Gasteiger partial charge in [0.2, 0.25) is 0 Å². The predicted molar refractivity (Wildman–Crippen MR) is 107 cm³/mol. The number of aromatic amines is 1. The summed E-state index contributed by atoms with van der Waals surface area (Å²) in [4.78, 5) is 0. The lowest BCUT2D eigenvalue weighted by Crippen LogP contribution is -2.16. The predicted octanol–water partition coefficient (Wildman–Crippen LogP) is 5.23. The Balaban J connectivity index is 1.84. The third-order valence-electron chi connectivity index (χ3n) is 4.42. The highest BCUT2D eigenvalue weighted by Crippen LogP contribution is 2.29. The van der Waals surface area contributed by atoms with Crippen LogP contribution in [0.2, 0.25) is 10.0 Å². The minimum Gasteiger partial charge on any atom is -0.296 e. The number of H-pyrrole nitrogens is 1. The lowest BCUT2D eigenvalue weighted by Gasteiger charge is -2.15. The van der Waals surface area contributed by atoms with E-state index in [0.717, 1.165) is 41.2 Å². The standard InChI is InChI=1S/C20H18Cl2N4/c21-16-10-15(11-17(22)12-16)19-18(13-23-24-19)20(14-6-2-1-3-7-14)25-26-8-4-5-9-26/h1-3,6-7,10-13H,4-5,8-9H2,(H,23,24). The van der Waals surface area contributed by atoms with Gasteiger partial charge in [-0.15, -0.1) is 0 Å². The van der Waals surface area contributed by atoms with E-state index >= 15 is 0 Å². The first kappa shape index (κ1) is 17.1. The van der Waals surface area contributed by atoms with Crippen molar-refractivity contribution in [2.75, 3.05) is 13.1 Å². The van der Waals surface area contributed by atoms with E-state index in [1.54, 1.807) is 6.07 Å². The summed E-state index contributed by atoms with van der Waals surface area (Å²) in [7, 11) is 0. The number of nitrogens with one attached hydrogen (secondary N) is 1. The number of halogens is 2. The minimum absolute atomic E-state index is 0.589. The van der Waals surface area contributed by atoms with Crippen molar-refractivity contribution in [2.24, 2.45) is 5.10 Å². The van der Waals surface area contributed by atoms with Crippen molar-refractivity contribution in [1.82, 2.24) is 15.2 Å². The molecule has 0 unspecified atom stereocenters. The average molecular weight is 385 g/mol. The van der Waals surface area contributed by atoms with Crippen LogP contribution in [0, 0.1) is 0 Å². The first-order chi connectivity index (χ1) is 12.7. The molecular formula is C20H18Cl2N4. The van der Waals surface area contributed by atoms with Crippen molar-refractivity contribution < 1.29 is 0 Å². The van der Waals surface area contributed by atoms with Crippen molar-refractivity contribution in [2.45, 2.75) is 12.8 Å². The zero-order valence-electron chi connectivity index (χ0n) is 14.1. The second-order valence-corrected chi connectivity index (χ2v) is 7.17. The van der Waals surface area contributed by atoms with Crippen LogP contribution in [-0.4, -0.2) is 34.0 Å². The number of hydrazone groups is 1. The zero-order valence-corrected chi connectivity index (χ0v) is 15.6. The molecule has 132 valence electrons. The van der Waals surface area contributed by atoms with Gasteiger partial charge in [0.15, 0.2) is 0 Å². The Hall–Kier alpha value is -2.30. The molecular weight excluding hydrogens is 367 g/mol. The lowest BCUT2D eigenvalue weighted by atomic mass is 9.99. The Morgan fingerprint density at radius 2 is 1.69 bits per heavy atom. The van der Waals surface area contributed by atoms with Crippen LogP contribution < -0.4 is 0 Å². The molecule has 1 fully saturated rings. The molecule has 2 heterocycles. The molecule has 0 bridgehead atoms. The first-order valence-electron chi connectivity index (χ1n) is 8.60. The SMILES string of the molecule is Clc1cc(Cl)cc(-c2[nH]ncc2C(=NN2CCCC2)c2ccccc2)c1. The van der Waals surface area contributed by atoms with E-state index in [0.29, 0.717) is 10.0 Å². The zero-order chi connectivity index (χ0) is 17.9. The molecule has 4 nitrogen and oxygen atoms in total. The maximum Gasteiger partial charge on any atom is 0.101 e. The van der Waals surface area contributed by atoms with Gasteiger partial charge >= 0.3 is 0 Å². The molecule has 0 amide bonds. The van der Waals surface area contributed by atoms with E-state index in [2.05, 4.69) is 27.3 Å². The van der Waals surface area contributed by atoms with Crippen molar-refractivity contribution in [1.29, 1.82) is 0 Å². The maximum absolute atomic E-state index is 6.20. The minimum atomic E-state index is 0.589. The molecule has 1 aliphatic rings. The monoisotopic (exact) mass is 384 g/mol. The molecule has 0 radical (unpaired) electrons. The number of nitrogens with zero attached hydrogens (tertiary/aromatic N) is 3. The highest BCUT2D eigenvalue weighted by atomic mass is 35.5. The lowest BCUT2D eigenvalue weighted by molar-refractivity contribution is 0.361. The van der Waals surface area contributed by atoms with E-state index in [1.807, 2.05) is 36.5 Å². The third-order valence-corrected chi connectivity index (χ3v) is 4.85. The summed E-state index contributed by atoms with van der Waals surface area (Å²) in [6.45, 7) is 1.96. The van der Waals surface area contributed by atoms with Gasteiger partial charge in [0.25, 0.3) is 0 Å². The van der Waals surface area contributed by atoms with Gasteiger partial charge in [-0.3, -0.25) is 10.1 Å². The van der Waals surface area contributed by atoms with Crippen molar-refractivity contribution in [3.63, 3.8) is 0 Å². The summed E-state index contributed by atoms with van der Waals surface area (Å²) in [6, 6.07) is 15.7. The van der Waals surface area contributed by atoms with Crippen LogP contribution in [0.1, 0.15) is 24.0 Å². The molecule has 4 rings (SSSR count). The number of hydrogen-bond donors (Lipinski definition) is 1.